The van der Waals surface area contributed by atoms with Gasteiger partial charge in [-0.2, -0.15) is 0 Å². The number of hydrogen-bond donors (Lipinski definition) is 1. The van der Waals surface area contributed by atoms with Crippen molar-refractivity contribution in [1.29, 1.82) is 0 Å². The minimum absolute atomic E-state index is 0.198. The first-order valence-electron chi connectivity index (χ1n) is 10.8. The Bertz CT molecular complexity index is 632. The summed E-state index contributed by atoms with van der Waals surface area (Å²) in [5.41, 5.74) is 0.726. The van der Waals surface area contributed by atoms with E-state index >= 15 is 0 Å². The lowest BCUT2D eigenvalue weighted by molar-refractivity contribution is -0.150. The van der Waals surface area contributed by atoms with Crippen molar-refractivity contribution in [2.24, 2.45) is 11.8 Å². The molecule has 3 aliphatic rings. The molecule has 148 valence electrons. The monoisotopic (exact) mass is 371 g/mol. The maximum absolute atomic E-state index is 12.8. The summed E-state index contributed by atoms with van der Waals surface area (Å²) in [6, 6.07) is 4.13. The predicted molar refractivity (Wildman–Crippen MR) is 105 cm³/mol. The van der Waals surface area contributed by atoms with Crippen molar-refractivity contribution in [3.63, 3.8) is 0 Å². The van der Waals surface area contributed by atoms with E-state index in [4.69, 9.17) is 0 Å². The van der Waals surface area contributed by atoms with Gasteiger partial charge in [0.1, 0.15) is 0 Å². The molecule has 2 saturated heterocycles. The van der Waals surface area contributed by atoms with Crippen molar-refractivity contribution < 1.29 is 9.90 Å². The van der Waals surface area contributed by atoms with Gasteiger partial charge in [-0.25, -0.2) is 0 Å². The molecule has 3 fully saturated rings. The fourth-order valence-electron chi connectivity index (χ4n) is 5.26. The number of rotatable bonds is 5. The summed E-state index contributed by atoms with van der Waals surface area (Å²) >= 11 is 0. The number of piperidine rings is 2. The quantitative estimate of drug-likeness (QED) is 0.864. The summed E-state index contributed by atoms with van der Waals surface area (Å²) in [5, 5.41) is 11.1. The van der Waals surface area contributed by atoms with Gasteiger partial charge in [-0.1, -0.05) is 18.9 Å². The summed E-state index contributed by atoms with van der Waals surface area (Å²) in [6.07, 6.45) is 12.0. The number of aryl methyl sites for hydroxylation is 1. The molecule has 1 amide bonds. The smallest absolute Gasteiger partial charge is 0.225 e. The molecule has 0 spiro atoms. The summed E-state index contributed by atoms with van der Waals surface area (Å²) in [7, 11) is 0. The zero-order chi connectivity index (χ0) is 18.7. The van der Waals surface area contributed by atoms with Crippen molar-refractivity contribution in [2.45, 2.75) is 57.0 Å². The van der Waals surface area contributed by atoms with Crippen molar-refractivity contribution in [3.8, 4) is 0 Å². The van der Waals surface area contributed by atoms with Crippen LogP contribution >= 0.6 is 0 Å². The third-order valence-electron chi connectivity index (χ3n) is 7.03. The predicted octanol–water partition coefficient (Wildman–Crippen LogP) is 2.49. The Morgan fingerprint density at radius 1 is 1.22 bits per heavy atom. The van der Waals surface area contributed by atoms with Crippen LogP contribution in [0.2, 0.25) is 0 Å². The topological polar surface area (TPSA) is 56.7 Å². The number of carbonyl (C=O) groups excluding carboxylic acids is 1. The van der Waals surface area contributed by atoms with Gasteiger partial charge < -0.3 is 14.9 Å². The second-order valence-corrected chi connectivity index (χ2v) is 8.83. The van der Waals surface area contributed by atoms with Gasteiger partial charge in [-0.3, -0.25) is 9.78 Å². The Kier molecular flexibility index (Phi) is 5.79. The third kappa shape index (κ3) is 4.35. The zero-order valence-corrected chi connectivity index (χ0v) is 16.4. The van der Waals surface area contributed by atoms with Gasteiger partial charge in [0, 0.05) is 50.4 Å². The molecule has 5 heteroatoms. The lowest BCUT2D eigenvalue weighted by Crippen LogP contribution is -2.61. The Hall–Kier alpha value is -1.46. The van der Waals surface area contributed by atoms with Crippen LogP contribution in [0.15, 0.2) is 24.5 Å². The van der Waals surface area contributed by atoms with E-state index in [9.17, 15) is 9.90 Å². The van der Waals surface area contributed by atoms with Gasteiger partial charge in [0.05, 0.1) is 5.60 Å². The maximum atomic E-state index is 12.8. The van der Waals surface area contributed by atoms with E-state index in [-0.39, 0.29) is 11.8 Å². The van der Waals surface area contributed by atoms with Crippen molar-refractivity contribution in [1.82, 2.24) is 14.8 Å². The molecule has 2 aliphatic heterocycles. The molecular formula is C22H33N3O2. The van der Waals surface area contributed by atoms with Gasteiger partial charge in [-0.05, 0) is 56.7 Å². The number of fused-ring (bicyclic) bond motifs is 1. The number of likely N-dealkylation sites (tertiary alicyclic amines) is 2. The van der Waals surface area contributed by atoms with E-state index in [1.807, 2.05) is 18.5 Å². The molecular weight excluding hydrogens is 338 g/mol. The fraction of sp³-hybridized carbons (Fsp3) is 0.727. The van der Waals surface area contributed by atoms with Crippen LogP contribution in [0.3, 0.4) is 0 Å². The number of hydrogen-bond acceptors (Lipinski definition) is 4. The molecule has 0 radical (unpaired) electrons. The minimum atomic E-state index is -0.563. The molecule has 0 aromatic carbocycles. The lowest BCUT2D eigenvalue weighted by atomic mass is 9.75. The highest BCUT2D eigenvalue weighted by atomic mass is 16.3. The third-order valence-corrected chi connectivity index (χ3v) is 7.03. The first-order valence-corrected chi connectivity index (χ1v) is 10.8. The largest absolute Gasteiger partial charge is 0.389 e. The van der Waals surface area contributed by atoms with Crippen LogP contribution in [0, 0.1) is 11.8 Å². The van der Waals surface area contributed by atoms with Crippen molar-refractivity contribution >= 4 is 5.91 Å². The fourth-order valence-corrected chi connectivity index (χ4v) is 5.26. The lowest BCUT2D eigenvalue weighted by Gasteiger charge is -2.50. The number of nitrogens with zero attached hydrogens (tertiary/aromatic N) is 3. The van der Waals surface area contributed by atoms with Crippen LogP contribution in [0.5, 0.6) is 0 Å². The van der Waals surface area contributed by atoms with Crippen molar-refractivity contribution in [2.75, 3.05) is 32.7 Å². The Balaban J connectivity index is 1.29. The van der Waals surface area contributed by atoms with Crippen LogP contribution in [0.25, 0.3) is 0 Å². The first kappa shape index (κ1) is 18.9. The molecule has 1 N–H and O–H groups in total. The number of amides is 1. The minimum Gasteiger partial charge on any atom is -0.389 e. The highest BCUT2D eigenvalue weighted by Gasteiger charge is 2.46. The molecule has 0 unspecified atom stereocenters. The highest BCUT2D eigenvalue weighted by Crippen LogP contribution is 2.37. The normalized spacial score (nSPS) is 29.7. The van der Waals surface area contributed by atoms with Crippen LogP contribution in [-0.2, 0) is 11.2 Å². The van der Waals surface area contributed by atoms with Gasteiger partial charge in [0.2, 0.25) is 5.91 Å². The van der Waals surface area contributed by atoms with Crippen LogP contribution < -0.4 is 0 Å². The molecule has 4 rings (SSSR count). The molecule has 1 aliphatic carbocycles. The van der Waals surface area contributed by atoms with Crippen molar-refractivity contribution in [3.05, 3.63) is 30.1 Å². The van der Waals surface area contributed by atoms with E-state index in [1.54, 1.807) is 0 Å². The standard InChI is InChI=1S/C22H33N3O2/c26-21(19-7-1-2-8-19)25-14-10-22(27)9-13-24(16-20(22)17-25)12-4-6-18-5-3-11-23-15-18/h3,5,11,15,19-20,27H,1-2,4,6-10,12-14,16-17H2/t20-,22-/m1/s1. The number of aromatic nitrogens is 1. The van der Waals surface area contributed by atoms with Crippen LogP contribution in [0.1, 0.15) is 50.5 Å². The summed E-state index contributed by atoms with van der Waals surface area (Å²) in [5.74, 6) is 0.794. The van der Waals surface area contributed by atoms with E-state index in [0.717, 1.165) is 71.2 Å². The average Bonchev–Trinajstić information content (AvgIpc) is 3.23. The van der Waals surface area contributed by atoms with E-state index < -0.39 is 5.60 Å². The average molecular weight is 372 g/mol. The molecule has 5 nitrogen and oxygen atoms in total. The summed E-state index contributed by atoms with van der Waals surface area (Å²) < 4.78 is 0. The van der Waals surface area contributed by atoms with E-state index in [1.165, 1.54) is 18.4 Å². The first-order chi connectivity index (χ1) is 13.1. The van der Waals surface area contributed by atoms with E-state index in [0.29, 0.717) is 5.91 Å². The second kappa shape index (κ2) is 8.27. The number of aliphatic hydroxyl groups is 1. The van der Waals surface area contributed by atoms with Crippen LogP contribution in [0.4, 0.5) is 0 Å². The second-order valence-electron chi connectivity index (χ2n) is 8.83. The van der Waals surface area contributed by atoms with E-state index in [2.05, 4.69) is 20.9 Å². The number of carbonyl (C=O) groups is 1. The van der Waals surface area contributed by atoms with Gasteiger partial charge >= 0.3 is 0 Å². The van der Waals surface area contributed by atoms with Gasteiger partial charge in [0.15, 0.2) is 0 Å². The highest BCUT2D eigenvalue weighted by molar-refractivity contribution is 5.79. The molecule has 3 heterocycles. The molecule has 1 aromatic heterocycles. The van der Waals surface area contributed by atoms with Gasteiger partial charge in [-0.15, -0.1) is 0 Å². The summed E-state index contributed by atoms with van der Waals surface area (Å²) in [6.45, 7) is 4.42. The Morgan fingerprint density at radius 2 is 2.04 bits per heavy atom. The summed E-state index contributed by atoms with van der Waals surface area (Å²) in [4.78, 5) is 21.5. The molecule has 2 atom stereocenters. The zero-order valence-electron chi connectivity index (χ0n) is 16.4. The molecule has 0 bridgehead atoms. The van der Waals surface area contributed by atoms with Crippen LogP contribution in [-0.4, -0.2) is 64.1 Å². The Labute approximate surface area is 162 Å². The molecule has 1 aromatic rings. The number of pyridine rings is 1. The SMILES string of the molecule is O=C(C1CCCC1)N1CC[C@]2(O)CCN(CCCc3cccnc3)C[C@@H]2C1. The maximum Gasteiger partial charge on any atom is 0.225 e. The molecule has 27 heavy (non-hydrogen) atoms. The Morgan fingerprint density at radius 3 is 2.81 bits per heavy atom. The molecule has 1 saturated carbocycles. The van der Waals surface area contributed by atoms with Gasteiger partial charge in [0.25, 0.3) is 0 Å².